The monoisotopic (exact) mass is 378 g/mol. The van der Waals surface area contributed by atoms with E-state index in [1.165, 1.54) is 32.1 Å². The lowest BCUT2D eigenvalue weighted by Gasteiger charge is -2.30. The largest absolute Gasteiger partial charge is 0.373 e. The highest BCUT2D eigenvalue weighted by atomic mass is 32.2. The van der Waals surface area contributed by atoms with Crippen LogP contribution in [0.1, 0.15) is 93.9 Å². The maximum Gasteiger partial charge on any atom is 0.150 e. The summed E-state index contributed by atoms with van der Waals surface area (Å²) in [7, 11) is -2.75. The zero-order chi connectivity index (χ0) is 18.4. The van der Waals surface area contributed by atoms with E-state index in [2.05, 4.69) is 20.8 Å². The van der Waals surface area contributed by atoms with Gasteiger partial charge in [-0.2, -0.15) is 0 Å². The third kappa shape index (κ3) is 12.8. The number of rotatable bonds is 2. The third-order valence-corrected chi connectivity index (χ3v) is 5.81. The van der Waals surface area contributed by atoms with E-state index in [4.69, 9.17) is 9.47 Å². The number of ether oxygens (including phenoxy) is 2. The van der Waals surface area contributed by atoms with Crippen LogP contribution in [-0.4, -0.2) is 43.3 Å². The molecule has 1 aliphatic carbocycles. The minimum Gasteiger partial charge on any atom is -0.373 e. The molecule has 0 aromatic carbocycles. The number of hydrogen-bond donors (Lipinski definition) is 0. The molecule has 0 bridgehead atoms. The van der Waals surface area contributed by atoms with Crippen LogP contribution >= 0.6 is 0 Å². The average Bonchev–Trinajstić information content (AvgIpc) is 2.40. The molecular weight excluding hydrogens is 336 g/mol. The Kier molecular flexibility index (Phi) is 10.2. The fourth-order valence-corrected chi connectivity index (χ4v) is 4.62. The van der Waals surface area contributed by atoms with Crippen molar-refractivity contribution < 1.29 is 17.9 Å². The molecule has 1 saturated carbocycles. The van der Waals surface area contributed by atoms with Gasteiger partial charge in [-0.25, -0.2) is 8.42 Å². The molecule has 0 N–H and O–H groups in total. The van der Waals surface area contributed by atoms with Crippen LogP contribution in [0.4, 0.5) is 0 Å². The predicted octanol–water partition coefficient (Wildman–Crippen LogP) is 5.15. The molecule has 5 heteroatoms. The smallest absolute Gasteiger partial charge is 0.150 e. The summed E-state index contributed by atoms with van der Waals surface area (Å²) in [4.78, 5) is 0. The Labute approximate surface area is 157 Å². The summed E-state index contributed by atoms with van der Waals surface area (Å²) in [5.74, 6) is 0.571. The summed E-state index contributed by atoms with van der Waals surface area (Å²) >= 11 is 0. The van der Waals surface area contributed by atoms with E-state index < -0.39 is 9.84 Å². The Morgan fingerprint density at radius 3 is 1.40 bits per heavy atom. The second-order valence-corrected chi connectivity index (χ2v) is 11.4. The average molecular weight is 379 g/mol. The Hall–Kier alpha value is -0.130. The van der Waals surface area contributed by atoms with Gasteiger partial charge in [-0.3, -0.25) is 0 Å². The van der Waals surface area contributed by atoms with Gasteiger partial charge >= 0.3 is 0 Å². The van der Waals surface area contributed by atoms with Crippen LogP contribution in [0.5, 0.6) is 0 Å². The van der Waals surface area contributed by atoms with Gasteiger partial charge < -0.3 is 9.47 Å². The van der Waals surface area contributed by atoms with Crippen molar-refractivity contribution in [3.8, 4) is 0 Å². The van der Waals surface area contributed by atoms with Crippen molar-refractivity contribution in [3.05, 3.63) is 0 Å². The van der Waals surface area contributed by atoms with Crippen molar-refractivity contribution in [3.63, 3.8) is 0 Å². The lowest BCUT2D eigenvalue weighted by molar-refractivity contribution is -0.0732. The lowest BCUT2D eigenvalue weighted by Crippen LogP contribution is -2.34. The summed E-state index contributed by atoms with van der Waals surface area (Å²) in [6.07, 6.45) is 8.66. The molecule has 1 heterocycles. The molecule has 0 unspecified atom stereocenters. The first-order chi connectivity index (χ1) is 10.9. The van der Waals surface area contributed by atoms with Gasteiger partial charge in [0.05, 0.1) is 34.9 Å². The van der Waals surface area contributed by atoms with E-state index in [0.29, 0.717) is 18.9 Å². The molecule has 0 aromatic heterocycles. The Bertz CT molecular complexity index is 437. The van der Waals surface area contributed by atoms with Crippen LogP contribution in [0, 0.1) is 0 Å². The van der Waals surface area contributed by atoms with E-state index in [1.807, 2.05) is 20.8 Å². The second kappa shape index (κ2) is 10.3. The molecule has 1 aliphatic heterocycles. The lowest BCUT2D eigenvalue weighted by atomic mass is 9.97. The van der Waals surface area contributed by atoms with Crippen molar-refractivity contribution in [2.45, 2.75) is 117 Å². The molecule has 0 spiro atoms. The van der Waals surface area contributed by atoms with Gasteiger partial charge in [0.25, 0.3) is 0 Å². The maximum atomic E-state index is 11.1. The van der Waals surface area contributed by atoms with Crippen LogP contribution in [0.25, 0.3) is 0 Å². The summed E-state index contributed by atoms with van der Waals surface area (Å²) < 4.78 is 33.8. The zero-order valence-electron chi connectivity index (χ0n) is 16.6. The Morgan fingerprint density at radius 2 is 1.04 bits per heavy atom. The number of hydrogen-bond acceptors (Lipinski definition) is 4. The van der Waals surface area contributed by atoms with E-state index in [9.17, 15) is 8.42 Å². The first-order valence-electron chi connectivity index (χ1n) is 9.42. The van der Waals surface area contributed by atoms with Crippen molar-refractivity contribution in [1.82, 2.24) is 0 Å². The normalized spacial score (nSPS) is 22.5. The Morgan fingerprint density at radius 1 is 0.680 bits per heavy atom. The molecule has 0 amide bonds. The molecule has 0 radical (unpaired) electrons. The Balaban J connectivity index is 0.000000449. The molecule has 4 nitrogen and oxygen atoms in total. The van der Waals surface area contributed by atoms with Crippen LogP contribution < -0.4 is 0 Å². The van der Waals surface area contributed by atoms with Gasteiger partial charge in [-0.05, 0) is 67.2 Å². The van der Waals surface area contributed by atoms with E-state index >= 15 is 0 Å². The highest BCUT2D eigenvalue weighted by Gasteiger charge is 2.27. The maximum absolute atomic E-state index is 11.1. The quantitative estimate of drug-likeness (QED) is 0.667. The van der Waals surface area contributed by atoms with E-state index in [0.717, 1.165) is 0 Å². The first-order valence-corrected chi connectivity index (χ1v) is 11.2. The topological polar surface area (TPSA) is 52.6 Å². The molecule has 2 fully saturated rings. The molecule has 25 heavy (non-hydrogen) atoms. The minimum atomic E-state index is -2.75. The third-order valence-electron chi connectivity index (χ3n) is 4.09. The van der Waals surface area contributed by atoms with Crippen LogP contribution in [0.3, 0.4) is 0 Å². The second-order valence-electron chi connectivity index (χ2n) is 9.07. The van der Waals surface area contributed by atoms with Crippen LogP contribution in [0.2, 0.25) is 0 Å². The molecule has 2 aliphatic rings. The van der Waals surface area contributed by atoms with Gasteiger partial charge in [-0.15, -0.1) is 0 Å². The fraction of sp³-hybridized carbons (Fsp3) is 1.00. The standard InChI is InChI=1S/C10H20O.C9H18O3S.CH4/c1-10(2,3)11-9-7-5-4-6-8-9;1-9(2,3)12-8-4-6-13(10,11)7-5-8;/h9H,4-8H2,1-3H3;8H,4-7H2,1-3H3;1H4. The van der Waals surface area contributed by atoms with Gasteiger partial charge in [0.1, 0.15) is 0 Å². The van der Waals surface area contributed by atoms with Crippen LogP contribution in [-0.2, 0) is 19.3 Å². The highest BCUT2D eigenvalue weighted by Crippen LogP contribution is 2.24. The molecule has 1 saturated heterocycles. The fourth-order valence-electron chi connectivity index (χ4n) is 3.17. The molecular formula is C20H42O4S. The molecule has 2 rings (SSSR count). The zero-order valence-corrected chi connectivity index (χ0v) is 17.4. The number of sulfone groups is 1. The van der Waals surface area contributed by atoms with E-state index in [-0.39, 0.29) is 36.2 Å². The molecule has 0 atom stereocenters. The van der Waals surface area contributed by atoms with Gasteiger partial charge in [0.2, 0.25) is 0 Å². The van der Waals surface area contributed by atoms with Gasteiger partial charge in [0, 0.05) is 0 Å². The molecule has 152 valence electrons. The minimum absolute atomic E-state index is 0. The van der Waals surface area contributed by atoms with Gasteiger partial charge in [0.15, 0.2) is 9.84 Å². The molecule has 0 aromatic rings. The van der Waals surface area contributed by atoms with Crippen molar-refractivity contribution >= 4 is 9.84 Å². The predicted molar refractivity (Wildman–Crippen MR) is 107 cm³/mol. The van der Waals surface area contributed by atoms with Crippen molar-refractivity contribution in [2.75, 3.05) is 11.5 Å². The summed E-state index contributed by atoms with van der Waals surface area (Å²) in [6, 6.07) is 0. The SMILES string of the molecule is C.CC(C)(C)OC1CCCCC1.CC(C)(C)OC1CCS(=O)(=O)CC1. The highest BCUT2D eigenvalue weighted by molar-refractivity contribution is 7.91. The van der Waals surface area contributed by atoms with Crippen molar-refractivity contribution in [2.24, 2.45) is 0 Å². The first kappa shape index (κ1) is 24.9. The van der Waals surface area contributed by atoms with Crippen LogP contribution in [0.15, 0.2) is 0 Å². The van der Waals surface area contributed by atoms with E-state index in [1.54, 1.807) is 0 Å². The summed E-state index contributed by atoms with van der Waals surface area (Å²) in [5, 5.41) is 0. The van der Waals surface area contributed by atoms with Crippen molar-refractivity contribution in [1.29, 1.82) is 0 Å². The summed E-state index contributed by atoms with van der Waals surface area (Å²) in [6.45, 7) is 12.4. The summed E-state index contributed by atoms with van der Waals surface area (Å²) in [5.41, 5.74) is -0.103. The van der Waals surface area contributed by atoms with Gasteiger partial charge in [-0.1, -0.05) is 26.7 Å².